The van der Waals surface area contributed by atoms with Crippen molar-refractivity contribution in [3.8, 4) is 5.75 Å². The Kier molecular flexibility index (Phi) is 2.52. The van der Waals surface area contributed by atoms with E-state index in [4.69, 9.17) is 0 Å². The minimum Gasteiger partial charge on any atom is -0.508 e. The van der Waals surface area contributed by atoms with Gasteiger partial charge in [0.05, 0.1) is 0 Å². The average molecular weight is 176 g/mol. The van der Waals surface area contributed by atoms with Gasteiger partial charge in [0.15, 0.2) is 5.78 Å². The van der Waals surface area contributed by atoms with Crippen LogP contribution in [-0.2, 0) is 0 Å². The van der Waals surface area contributed by atoms with Gasteiger partial charge < -0.3 is 5.11 Å². The van der Waals surface area contributed by atoms with Gasteiger partial charge >= 0.3 is 0 Å². The minimum absolute atomic E-state index is 0.111. The van der Waals surface area contributed by atoms with Crippen LogP contribution in [0.5, 0.6) is 5.75 Å². The van der Waals surface area contributed by atoms with Gasteiger partial charge in [-0.15, -0.1) is 0 Å². The van der Waals surface area contributed by atoms with Crippen molar-refractivity contribution in [3.05, 3.63) is 41.5 Å². The molecule has 0 bridgehead atoms. The number of allylic oxidation sites excluding steroid dienone is 1. The van der Waals surface area contributed by atoms with E-state index >= 15 is 0 Å². The van der Waals surface area contributed by atoms with E-state index in [-0.39, 0.29) is 11.5 Å². The average Bonchev–Trinajstić information content (AvgIpc) is 2.13. The first kappa shape index (κ1) is 9.52. The lowest BCUT2D eigenvalue weighted by Crippen LogP contribution is -1.99. The highest BCUT2D eigenvalue weighted by Gasteiger charge is 2.09. The van der Waals surface area contributed by atoms with Crippen molar-refractivity contribution in [2.75, 3.05) is 0 Å². The first-order valence-corrected chi connectivity index (χ1v) is 4.04. The summed E-state index contributed by atoms with van der Waals surface area (Å²) in [5.74, 6) is 0.110. The van der Waals surface area contributed by atoms with E-state index in [1.54, 1.807) is 13.0 Å². The van der Waals surface area contributed by atoms with Gasteiger partial charge in [0.1, 0.15) is 5.75 Å². The molecule has 0 aliphatic carbocycles. The standard InChI is InChI=1S/C11H12O2/c1-4-10(12)9-5-6-11(13)8(3)7(9)2/h4-6,13H,1H2,2-3H3. The second-order valence-electron chi connectivity index (χ2n) is 2.95. The number of carbonyl (C=O) groups is 1. The van der Waals surface area contributed by atoms with E-state index in [0.717, 1.165) is 11.1 Å². The number of aromatic hydroxyl groups is 1. The number of phenols is 1. The van der Waals surface area contributed by atoms with E-state index in [0.29, 0.717) is 5.56 Å². The second-order valence-corrected chi connectivity index (χ2v) is 2.95. The molecule has 0 amide bonds. The van der Waals surface area contributed by atoms with Crippen LogP contribution in [0.2, 0.25) is 0 Å². The quantitative estimate of drug-likeness (QED) is 0.555. The number of carbonyl (C=O) groups excluding carboxylic acids is 1. The Labute approximate surface area is 77.5 Å². The number of phenolic OH excluding ortho intramolecular Hbond substituents is 1. The van der Waals surface area contributed by atoms with Crippen molar-refractivity contribution in [2.45, 2.75) is 13.8 Å². The summed E-state index contributed by atoms with van der Waals surface area (Å²) in [5.41, 5.74) is 2.16. The predicted octanol–water partition coefficient (Wildman–Crippen LogP) is 2.38. The normalized spacial score (nSPS) is 9.69. The third kappa shape index (κ3) is 1.61. The third-order valence-electron chi connectivity index (χ3n) is 2.21. The molecule has 0 fully saturated rings. The molecule has 0 radical (unpaired) electrons. The van der Waals surface area contributed by atoms with Gasteiger partial charge in [-0.05, 0) is 43.2 Å². The fraction of sp³-hybridized carbons (Fsp3) is 0.182. The van der Waals surface area contributed by atoms with E-state index in [2.05, 4.69) is 6.58 Å². The van der Waals surface area contributed by atoms with Gasteiger partial charge in [0.25, 0.3) is 0 Å². The van der Waals surface area contributed by atoms with Gasteiger partial charge in [-0.2, -0.15) is 0 Å². The van der Waals surface area contributed by atoms with E-state index in [1.165, 1.54) is 12.1 Å². The minimum atomic E-state index is -0.111. The van der Waals surface area contributed by atoms with Crippen molar-refractivity contribution < 1.29 is 9.90 Å². The number of hydrogen-bond donors (Lipinski definition) is 1. The van der Waals surface area contributed by atoms with Gasteiger partial charge in [0.2, 0.25) is 0 Å². The maximum Gasteiger partial charge on any atom is 0.185 e. The molecule has 0 heterocycles. The molecule has 1 aromatic carbocycles. The van der Waals surface area contributed by atoms with Crippen molar-refractivity contribution in [1.29, 1.82) is 0 Å². The van der Waals surface area contributed by atoms with E-state index < -0.39 is 0 Å². The molecule has 2 nitrogen and oxygen atoms in total. The molecular weight excluding hydrogens is 164 g/mol. The lowest BCUT2D eigenvalue weighted by atomic mass is 9.99. The van der Waals surface area contributed by atoms with Crippen LogP contribution in [0.25, 0.3) is 0 Å². The van der Waals surface area contributed by atoms with Gasteiger partial charge in [0, 0.05) is 5.56 Å². The second kappa shape index (κ2) is 3.44. The van der Waals surface area contributed by atoms with Crippen LogP contribution in [0.15, 0.2) is 24.8 Å². The molecule has 68 valence electrons. The Morgan fingerprint density at radius 2 is 2.00 bits per heavy atom. The molecule has 1 rings (SSSR count). The summed E-state index contributed by atoms with van der Waals surface area (Å²) in [6.45, 7) is 7.01. The van der Waals surface area contributed by atoms with Crippen molar-refractivity contribution in [3.63, 3.8) is 0 Å². The Morgan fingerprint density at radius 1 is 1.38 bits per heavy atom. The maximum atomic E-state index is 11.3. The summed E-state index contributed by atoms with van der Waals surface area (Å²) in [6, 6.07) is 3.14. The summed E-state index contributed by atoms with van der Waals surface area (Å²) in [4.78, 5) is 11.3. The monoisotopic (exact) mass is 176 g/mol. The Bertz CT molecular complexity index is 365. The van der Waals surface area contributed by atoms with E-state index in [9.17, 15) is 9.90 Å². The third-order valence-corrected chi connectivity index (χ3v) is 2.21. The predicted molar refractivity (Wildman–Crippen MR) is 52.1 cm³/mol. The molecule has 1 aromatic rings. The summed E-state index contributed by atoms with van der Waals surface area (Å²) in [6.07, 6.45) is 1.28. The van der Waals surface area contributed by atoms with Crippen LogP contribution in [0, 0.1) is 13.8 Å². The largest absolute Gasteiger partial charge is 0.508 e. The fourth-order valence-electron chi connectivity index (χ4n) is 1.18. The lowest BCUT2D eigenvalue weighted by molar-refractivity contribution is 0.104. The molecular formula is C11H12O2. The summed E-state index contributed by atoms with van der Waals surface area (Å²) in [7, 11) is 0. The summed E-state index contributed by atoms with van der Waals surface area (Å²) < 4.78 is 0. The molecule has 0 atom stereocenters. The summed E-state index contributed by atoms with van der Waals surface area (Å²) in [5, 5.41) is 9.34. The van der Waals surface area contributed by atoms with E-state index in [1.807, 2.05) is 6.92 Å². The molecule has 0 unspecified atom stereocenters. The molecule has 0 spiro atoms. The SMILES string of the molecule is C=CC(=O)c1ccc(O)c(C)c1C. The van der Waals surface area contributed by atoms with Crippen LogP contribution in [0.3, 0.4) is 0 Å². The molecule has 1 N–H and O–H groups in total. The number of rotatable bonds is 2. The first-order valence-electron chi connectivity index (χ1n) is 4.04. The number of ketones is 1. The maximum absolute atomic E-state index is 11.3. The van der Waals surface area contributed by atoms with Crippen LogP contribution in [0.4, 0.5) is 0 Å². The highest BCUT2D eigenvalue weighted by Crippen LogP contribution is 2.23. The van der Waals surface area contributed by atoms with Crippen LogP contribution in [0.1, 0.15) is 21.5 Å². The number of hydrogen-bond acceptors (Lipinski definition) is 2. The molecule has 13 heavy (non-hydrogen) atoms. The molecule has 0 aliphatic rings. The Morgan fingerprint density at radius 3 is 2.54 bits per heavy atom. The highest BCUT2D eigenvalue weighted by molar-refractivity contribution is 6.05. The smallest absolute Gasteiger partial charge is 0.185 e. The van der Waals surface area contributed by atoms with Gasteiger partial charge in [-0.1, -0.05) is 6.58 Å². The molecule has 0 saturated heterocycles. The van der Waals surface area contributed by atoms with Gasteiger partial charge in [-0.25, -0.2) is 0 Å². The van der Waals surface area contributed by atoms with Crippen molar-refractivity contribution in [2.24, 2.45) is 0 Å². The molecule has 2 heteroatoms. The lowest BCUT2D eigenvalue weighted by Gasteiger charge is -2.06. The Balaban J connectivity index is 3.33. The zero-order valence-corrected chi connectivity index (χ0v) is 7.79. The fourth-order valence-corrected chi connectivity index (χ4v) is 1.18. The molecule has 0 aliphatic heterocycles. The first-order chi connectivity index (χ1) is 6.07. The van der Waals surface area contributed by atoms with Crippen molar-refractivity contribution >= 4 is 5.78 Å². The topological polar surface area (TPSA) is 37.3 Å². The van der Waals surface area contributed by atoms with Crippen LogP contribution < -0.4 is 0 Å². The van der Waals surface area contributed by atoms with Gasteiger partial charge in [-0.3, -0.25) is 4.79 Å². The van der Waals surface area contributed by atoms with Crippen LogP contribution in [-0.4, -0.2) is 10.9 Å². The molecule has 0 saturated carbocycles. The Hall–Kier alpha value is -1.57. The summed E-state index contributed by atoms with van der Waals surface area (Å²) >= 11 is 0. The molecule has 0 aromatic heterocycles. The highest BCUT2D eigenvalue weighted by atomic mass is 16.3. The zero-order chi connectivity index (χ0) is 10.0. The zero-order valence-electron chi connectivity index (χ0n) is 7.79. The number of benzene rings is 1. The van der Waals surface area contributed by atoms with Crippen molar-refractivity contribution in [1.82, 2.24) is 0 Å². The van der Waals surface area contributed by atoms with Crippen LogP contribution >= 0.6 is 0 Å².